The molecule has 5 amide bonds. The van der Waals surface area contributed by atoms with Crippen LogP contribution in [0.3, 0.4) is 0 Å². The Hall–Kier alpha value is -5.50. The Morgan fingerprint density at radius 3 is 2.61 bits per heavy atom. The zero-order valence-electron chi connectivity index (χ0n) is 29.0. The number of urea groups is 1. The first-order chi connectivity index (χ1) is 24.3. The van der Waals surface area contributed by atoms with Gasteiger partial charge < -0.3 is 29.9 Å². The van der Waals surface area contributed by atoms with E-state index in [2.05, 4.69) is 15.6 Å². The molecular weight excluding hydrogens is 676 g/mol. The number of ether oxygens (including phenoxy) is 2. The van der Waals surface area contributed by atoms with Crippen molar-refractivity contribution in [3.63, 3.8) is 0 Å². The van der Waals surface area contributed by atoms with Gasteiger partial charge in [0.25, 0.3) is 11.8 Å². The molecule has 6 rings (SSSR count). The molecule has 2 aromatic carbocycles. The van der Waals surface area contributed by atoms with Gasteiger partial charge in [-0.05, 0) is 88.6 Å². The normalized spacial score (nSPS) is 16.1. The topological polar surface area (TPSA) is 133 Å². The smallest absolute Gasteiger partial charge is 0.410 e. The molecule has 0 saturated carbocycles. The summed E-state index contributed by atoms with van der Waals surface area (Å²) in [6.07, 6.45) is 3.14. The lowest BCUT2D eigenvalue weighted by molar-refractivity contribution is -0.130. The minimum atomic E-state index is -0.995. The predicted molar refractivity (Wildman–Crippen MR) is 194 cm³/mol. The van der Waals surface area contributed by atoms with E-state index >= 15 is 0 Å². The van der Waals surface area contributed by atoms with Crippen LogP contribution in [-0.2, 0) is 9.53 Å². The average Bonchev–Trinajstić information content (AvgIpc) is 3.46. The number of amides is 5. The number of rotatable bonds is 8. The second kappa shape index (κ2) is 14.4. The molecule has 2 N–H and O–H groups in total. The predicted octanol–water partition coefficient (Wildman–Crippen LogP) is 7.52. The Morgan fingerprint density at radius 2 is 1.88 bits per heavy atom. The number of anilines is 3. The van der Waals surface area contributed by atoms with Crippen LogP contribution < -0.4 is 20.3 Å². The maximum absolute atomic E-state index is 14.9. The minimum Gasteiger partial charge on any atom is -0.457 e. The maximum atomic E-state index is 14.9. The van der Waals surface area contributed by atoms with Crippen molar-refractivity contribution in [1.82, 2.24) is 20.1 Å². The van der Waals surface area contributed by atoms with Gasteiger partial charge in [0, 0.05) is 38.9 Å². The molecule has 2 aliphatic rings. The first-order valence-corrected chi connectivity index (χ1v) is 17.4. The van der Waals surface area contributed by atoms with Crippen molar-refractivity contribution in [2.24, 2.45) is 0 Å². The van der Waals surface area contributed by atoms with Gasteiger partial charge in [-0.15, -0.1) is 11.3 Å². The third-order valence-electron chi connectivity index (χ3n) is 8.34. The number of para-hydroxylation sites is 1. The van der Waals surface area contributed by atoms with Crippen LogP contribution in [-0.4, -0.2) is 77.0 Å². The first-order valence-electron chi connectivity index (χ1n) is 16.5. The van der Waals surface area contributed by atoms with E-state index in [4.69, 9.17) is 9.47 Å². The highest BCUT2D eigenvalue weighted by Crippen LogP contribution is 2.46. The number of benzene rings is 2. The number of likely N-dealkylation sites (tertiary alicyclic amines) is 1. The number of piperidine rings is 1. The van der Waals surface area contributed by atoms with Crippen molar-refractivity contribution in [3.05, 3.63) is 83.1 Å². The highest BCUT2D eigenvalue weighted by Gasteiger charge is 2.35. The molecule has 0 spiro atoms. The van der Waals surface area contributed by atoms with Crippen molar-refractivity contribution < 1.29 is 33.0 Å². The van der Waals surface area contributed by atoms with Crippen molar-refractivity contribution in [2.45, 2.75) is 52.2 Å². The molecule has 0 radical (unpaired) electrons. The molecule has 1 atom stereocenters. The second-order valence-electron chi connectivity index (χ2n) is 13.4. The van der Waals surface area contributed by atoms with Gasteiger partial charge in [-0.25, -0.2) is 19.0 Å². The van der Waals surface area contributed by atoms with E-state index in [0.717, 1.165) is 23.0 Å². The number of nitrogens with one attached hydrogen (secondary N) is 2. The number of carbonyl (C=O) groups excluding carboxylic acids is 4. The number of likely N-dealkylation sites (N-methyl/N-ethyl adjacent to an activating group) is 1. The monoisotopic (exact) mass is 714 g/mol. The van der Waals surface area contributed by atoms with E-state index in [-0.39, 0.29) is 18.0 Å². The standard InChI is InChI=1S/C37H39FN6O6S/c1-22-20-25(49-24-11-7-6-8-12-24)13-14-27(22)44-28-15-17-39-33-29(28)30(41-35(44)47)31(51-33)32(45)40-23-10-9-18-43(21-23)34(46)26(38)16-19-42(5)36(48)50-37(2,3)4/h6-8,11-17,20,23H,9-10,18-19,21H2,1-5H3,(H,40,45)(H,41,47)/b26-16+/t23-/m1/s1. The van der Waals surface area contributed by atoms with E-state index in [0.29, 0.717) is 58.2 Å². The van der Waals surface area contributed by atoms with E-state index < -0.39 is 41.4 Å². The number of aromatic nitrogens is 1. The van der Waals surface area contributed by atoms with Gasteiger partial charge in [-0.2, -0.15) is 0 Å². The van der Waals surface area contributed by atoms with E-state index in [1.54, 1.807) is 44.0 Å². The third kappa shape index (κ3) is 7.80. The number of thiophene rings is 1. The Morgan fingerprint density at radius 1 is 1.12 bits per heavy atom. The SMILES string of the molecule is Cc1cc(Oc2ccccc2)ccc1N1C(=O)Nc2c(C(=O)N[C@@H]3CCCN(C(=O)/C(F)=C\CN(C)C(=O)OC(C)(C)C)C3)sc3nccc1c23. The van der Waals surface area contributed by atoms with Crippen molar-refractivity contribution in [1.29, 1.82) is 0 Å². The van der Waals surface area contributed by atoms with Crippen molar-refractivity contribution >= 4 is 62.6 Å². The minimum absolute atomic E-state index is 0.0981. The Bertz CT molecular complexity index is 2030. The lowest BCUT2D eigenvalue weighted by Crippen LogP contribution is -2.49. The molecule has 1 fully saturated rings. The summed E-state index contributed by atoms with van der Waals surface area (Å²) in [7, 11) is 1.45. The van der Waals surface area contributed by atoms with Crippen LogP contribution in [0.5, 0.6) is 11.5 Å². The Balaban J connectivity index is 1.15. The number of halogens is 1. The fraction of sp³-hybridized carbons (Fsp3) is 0.324. The van der Waals surface area contributed by atoms with Gasteiger partial charge in [0.15, 0.2) is 5.83 Å². The van der Waals surface area contributed by atoms with Crippen molar-refractivity contribution in [3.8, 4) is 11.5 Å². The number of carbonyl (C=O) groups is 4. The van der Waals surface area contributed by atoms with Crippen LogP contribution in [0, 0.1) is 6.92 Å². The van der Waals surface area contributed by atoms with Crippen LogP contribution >= 0.6 is 11.3 Å². The maximum Gasteiger partial charge on any atom is 0.410 e. The molecule has 14 heteroatoms. The number of pyridine rings is 1. The molecule has 0 unspecified atom stereocenters. The summed E-state index contributed by atoms with van der Waals surface area (Å²) in [6, 6.07) is 15.7. The summed E-state index contributed by atoms with van der Waals surface area (Å²) < 4.78 is 26.2. The molecule has 4 heterocycles. The van der Waals surface area contributed by atoms with Gasteiger partial charge in [0.2, 0.25) is 0 Å². The van der Waals surface area contributed by atoms with E-state index in [9.17, 15) is 23.6 Å². The number of hydrogen-bond acceptors (Lipinski definition) is 8. The highest BCUT2D eigenvalue weighted by atomic mass is 32.1. The van der Waals surface area contributed by atoms with Gasteiger partial charge in [-0.3, -0.25) is 14.5 Å². The fourth-order valence-corrected chi connectivity index (χ4v) is 6.97. The molecular formula is C37H39FN6O6S. The summed E-state index contributed by atoms with van der Waals surface area (Å²) in [5.74, 6) is -0.921. The van der Waals surface area contributed by atoms with Gasteiger partial charge in [0.1, 0.15) is 26.8 Å². The summed E-state index contributed by atoms with van der Waals surface area (Å²) in [4.78, 5) is 62.0. The lowest BCUT2D eigenvalue weighted by Gasteiger charge is -2.33. The van der Waals surface area contributed by atoms with Gasteiger partial charge in [0.05, 0.1) is 22.4 Å². The Labute approximate surface area is 298 Å². The van der Waals surface area contributed by atoms with Crippen LogP contribution in [0.15, 0.2) is 72.7 Å². The molecule has 1 saturated heterocycles. The highest BCUT2D eigenvalue weighted by molar-refractivity contribution is 7.21. The van der Waals surface area contributed by atoms with Crippen LogP contribution in [0.2, 0.25) is 0 Å². The molecule has 266 valence electrons. The second-order valence-corrected chi connectivity index (χ2v) is 14.4. The number of aryl methyl sites for hydroxylation is 1. The number of hydrogen-bond donors (Lipinski definition) is 2. The zero-order valence-corrected chi connectivity index (χ0v) is 29.8. The zero-order chi connectivity index (χ0) is 36.4. The molecule has 2 aromatic heterocycles. The number of nitrogens with zero attached hydrogens (tertiary/aromatic N) is 4. The quantitative estimate of drug-likeness (QED) is 0.180. The van der Waals surface area contributed by atoms with Crippen molar-refractivity contribution in [2.75, 3.05) is 36.9 Å². The van der Waals surface area contributed by atoms with Crippen LogP contribution in [0.25, 0.3) is 10.2 Å². The molecule has 12 nitrogen and oxygen atoms in total. The van der Waals surface area contributed by atoms with Crippen LogP contribution in [0.1, 0.15) is 48.8 Å². The van der Waals surface area contributed by atoms with Gasteiger partial charge in [-0.1, -0.05) is 18.2 Å². The summed E-state index contributed by atoms with van der Waals surface area (Å²) in [5, 5.41) is 6.53. The Kier molecular flexibility index (Phi) is 9.97. The fourth-order valence-electron chi connectivity index (χ4n) is 5.95. The first kappa shape index (κ1) is 35.3. The van der Waals surface area contributed by atoms with Gasteiger partial charge >= 0.3 is 12.1 Å². The lowest BCUT2D eigenvalue weighted by atomic mass is 10.0. The third-order valence-corrected chi connectivity index (χ3v) is 9.43. The van der Waals surface area contributed by atoms with Crippen LogP contribution in [0.4, 0.5) is 31.0 Å². The molecule has 51 heavy (non-hydrogen) atoms. The summed E-state index contributed by atoms with van der Waals surface area (Å²) in [6.45, 7) is 7.34. The van der Waals surface area contributed by atoms with E-state index in [1.807, 2.05) is 49.4 Å². The molecule has 0 bridgehead atoms. The average molecular weight is 715 g/mol. The largest absolute Gasteiger partial charge is 0.457 e. The summed E-state index contributed by atoms with van der Waals surface area (Å²) >= 11 is 1.16. The molecule has 0 aliphatic carbocycles. The molecule has 4 aromatic rings. The molecule has 2 aliphatic heterocycles. The summed E-state index contributed by atoms with van der Waals surface area (Å²) in [5.41, 5.74) is 1.69. The van der Waals surface area contributed by atoms with E-state index in [1.165, 1.54) is 16.8 Å².